The van der Waals surface area contributed by atoms with Crippen LogP contribution >= 0.6 is 7.82 Å². The number of nitrogens with one attached hydrogen (secondary N) is 1. The zero-order chi connectivity index (χ0) is 50.8. The molecular weight excluding hydrogens is 880 g/mol. The summed E-state index contributed by atoms with van der Waals surface area (Å²) in [5, 5.41) is 3.02. The number of nitrogens with zero attached hydrogens (tertiary/aromatic N) is 1. The minimum absolute atomic E-state index is 0.0255. The number of hydrogen-bond donors (Lipinski definition) is 2. The quantitative estimate of drug-likeness (QED) is 0.0205. The second-order valence-electron chi connectivity index (χ2n) is 19.7. The number of unbranched alkanes of at least 4 members (excludes halogenated alkanes) is 21. The van der Waals surface area contributed by atoms with E-state index in [1.165, 1.54) is 96.3 Å². The maximum absolute atomic E-state index is 13.5. The number of phosphoric ester groups is 1. The van der Waals surface area contributed by atoms with Crippen molar-refractivity contribution in [1.29, 1.82) is 0 Å². The van der Waals surface area contributed by atoms with Gasteiger partial charge in [-0.1, -0.05) is 202 Å². The molecule has 0 heterocycles. The Hall–Kier alpha value is -2.81. The van der Waals surface area contributed by atoms with Gasteiger partial charge in [0.25, 0.3) is 0 Å². The first kappa shape index (κ1) is 66.2. The van der Waals surface area contributed by atoms with Crippen LogP contribution in [0.2, 0.25) is 0 Å². The molecule has 3 atom stereocenters. The van der Waals surface area contributed by atoms with E-state index in [1.54, 1.807) is 0 Å². The monoisotopic (exact) mass is 986 g/mol. The van der Waals surface area contributed by atoms with E-state index in [-0.39, 0.29) is 31.5 Å². The number of ether oxygens (including phenoxy) is 1. The molecule has 0 aromatic heterocycles. The van der Waals surface area contributed by atoms with Gasteiger partial charge in [0, 0.05) is 12.8 Å². The van der Waals surface area contributed by atoms with Crippen LogP contribution in [0.1, 0.15) is 226 Å². The van der Waals surface area contributed by atoms with Crippen LogP contribution in [-0.2, 0) is 27.9 Å². The van der Waals surface area contributed by atoms with Crippen LogP contribution in [-0.4, -0.2) is 74.3 Å². The molecule has 1 amide bonds. The van der Waals surface area contributed by atoms with Crippen molar-refractivity contribution < 1.29 is 37.3 Å². The van der Waals surface area contributed by atoms with Crippen LogP contribution in [0.3, 0.4) is 0 Å². The summed E-state index contributed by atoms with van der Waals surface area (Å²) in [7, 11) is 1.45. The average molecular weight is 986 g/mol. The van der Waals surface area contributed by atoms with Gasteiger partial charge in [-0.15, -0.1) is 0 Å². The van der Waals surface area contributed by atoms with Gasteiger partial charge in [0.05, 0.1) is 33.8 Å². The Kier molecular flexibility index (Phi) is 46.8. The van der Waals surface area contributed by atoms with Crippen molar-refractivity contribution in [3.05, 3.63) is 85.1 Å². The van der Waals surface area contributed by atoms with E-state index in [9.17, 15) is 19.0 Å². The topological polar surface area (TPSA) is 111 Å². The SMILES string of the molecule is CC/C=C\C/C=C\C/C=C\C/C=C\C/C=C\CCCC(=O)OC(/C=C/CCCCCCCCCCCCC)C(COP(=O)(O)OCC[N+](C)(C)C)NC(=O)CCCCC/C=C\CCCCCCCC. The first-order chi connectivity index (χ1) is 33.4. The van der Waals surface area contributed by atoms with E-state index < -0.39 is 20.0 Å². The first-order valence-corrected chi connectivity index (χ1v) is 29.4. The van der Waals surface area contributed by atoms with Crippen LogP contribution in [0.25, 0.3) is 0 Å². The van der Waals surface area contributed by atoms with Gasteiger partial charge >= 0.3 is 13.8 Å². The number of hydrogen-bond acceptors (Lipinski definition) is 6. The van der Waals surface area contributed by atoms with Crippen molar-refractivity contribution in [3.63, 3.8) is 0 Å². The summed E-state index contributed by atoms with van der Waals surface area (Å²) in [6, 6.07) is -0.881. The molecule has 0 saturated heterocycles. The largest absolute Gasteiger partial charge is 0.472 e. The molecule has 3 unspecified atom stereocenters. The van der Waals surface area contributed by atoms with E-state index >= 15 is 0 Å². The first-order valence-electron chi connectivity index (χ1n) is 27.9. The molecule has 0 fully saturated rings. The van der Waals surface area contributed by atoms with Gasteiger partial charge < -0.3 is 19.4 Å². The van der Waals surface area contributed by atoms with Gasteiger partial charge in [0.2, 0.25) is 5.91 Å². The molecule has 2 N–H and O–H groups in total. The van der Waals surface area contributed by atoms with Gasteiger partial charge in [-0.3, -0.25) is 18.6 Å². The summed E-state index contributed by atoms with van der Waals surface area (Å²) in [5.41, 5.74) is 0. The fraction of sp³-hybridized carbons (Fsp3) is 0.729. The van der Waals surface area contributed by atoms with Gasteiger partial charge in [-0.05, 0) is 96.0 Å². The number of rotatable bonds is 49. The number of amides is 1. The highest BCUT2D eigenvalue weighted by atomic mass is 31.2. The lowest BCUT2D eigenvalue weighted by molar-refractivity contribution is -0.870. The summed E-state index contributed by atoms with van der Waals surface area (Å²) < 4.78 is 30.5. The van der Waals surface area contributed by atoms with Crippen molar-refractivity contribution >= 4 is 19.7 Å². The number of carbonyl (C=O) groups excluding carboxylic acids is 2. The Balaban J connectivity index is 5.52. The fourth-order valence-corrected chi connectivity index (χ4v) is 8.23. The number of esters is 1. The molecule has 0 aliphatic carbocycles. The molecule has 0 spiro atoms. The van der Waals surface area contributed by atoms with Crippen LogP contribution in [0, 0.1) is 0 Å². The van der Waals surface area contributed by atoms with Crippen molar-refractivity contribution in [2.24, 2.45) is 0 Å². The van der Waals surface area contributed by atoms with E-state index in [0.29, 0.717) is 30.3 Å². The Labute approximate surface area is 425 Å². The van der Waals surface area contributed by atoms with E-state index in [4.69, 9.17) is 13.8 Å². The van der Waals surface area contributed by atoms with Crippen molar-refractivity contribution in [2.75, 3.05) is 40.9 Å². The lowest BCUT2D eigenvalue weighted by Gasteiger charge is -2.27. The molecular formula is C59H106N2O7P+. The highest BCUT2D eigenvalue weighted by Crippen LogP contribution is 2.43. The summed E-state index contributed by atoms with van der Waals surface area (Å²) in [5.74, 6) is -0.596. The zero-order valence-electron chi connectivity index (χ0n) is 45.3. The van der Waals surface area contributed by atoms with Crippen LogP contribution in [0.4, 0.5) is 0 Å². The summed E-state index contributed by atoms with van der Waals surface area (Å²) in [6.07, 6.45) is 63.0. The fourth-order valence-electron chi connectivity index (χ4n) is 7.50. The van der Waals surface area contributed by atoms with E-state index in [2.05, 4.69) is 99.0 Å². The van der Waals surface area contributed by atoms with Gasteiger partial charge in [0.15, 0.2) is 0 Å². The number of quaternary nitrogens is 1. The third-order valence-electron chi connectivity index (χ3n) is 11.8. The molecule has 398 valence electrons. The Bertz CT molecular complexity index is 1460. The lowest BCUT2D eigenvalue weighted by atomic mass is 10.0. The molecule has 69 heavy (non-hydrogen) atoms. The number of carbonyl (C=O) groups is 2. The molecule has 10 heteroatoms. The molecule has 9 nitrogen and oxygen atoms in total. The second kappa shape index (κ2) is 48.8. The van der Waals surface area contributed by atoms with Crippen molar-refractivity contribution in [2.45, 2.75) is 238 Å². The molecule has 0 bridgehead atoms. The standard InChI is InChI=1S/C59H105N2O7P/c1-7-10-13-16-19-22-25-28-29-30-31-34-37-40-43-46-49-52-59(63)68-57(50-47-44-41-38-35-32-26-23-20-17-14-11-8-2)56(55-67-69(64,65)66-54-53-61(4,5)6)60-58(62)51-48-45-42-39-36-33-27-24-21-18-15-12-9-3/h10,13,19,22,28-29,31,33-34,36,40,43,47,50,56-57H,7-9,11-12,14-18,20-21,23-27,30,32,35,37-39,41-42,44-46,48-49,51-55H2,1-6H3,(H-,60,62,64,65)/p+1/b13-10-,22-19-,29-28-,34-31-,36-33-,43-40-,50-47+. The average Bonchev–Trinajstić information content (AvgIpc) is 3.31. The Morgan fingerprint density at radius 3 is 1.43 bits per heavy atom. The van der Waals surface area contributed by atoms with Gasteiger partial charge in [-0.2, -0.15) is 0 Å². The van der Waals surface area contributed by atoms with Crippen molar-refractivity contribution in [1.82, 2.24) is 5.32 Å². The molecule has 0 saturated carbocycles. The predicted molar refractivity (Wildman–Crippen MR) is 295 cm³/mol. The smallest absolute Gasteiger partial charge is 0.456 e. The molecule has 0 aliphatic heterocycles. The lowest BCUT2D eigenvalue weighted by Crippen LogP contribution is -2.47. The van der Waals surface area contributed by atoms with Crippen LogP contribution in [0.15, 0.2) is 85.1 Å². The highest BCUT2D eigenvalue weighted by Gasteiger charge is 2.30. The Morgan fingerprint density at radius 2 is 0.942 bits per heavy atom. The molecule has 0 aromatic rings. The number of likely N-dealkylation sites (N-methyl/N-ethyl adjacent to an activating group) is 1. The minimum Gasteiger partial charge on any atom is -0.456 e. The summed E-state index contributed by atoms with van der Waals surface area (Å²) in [4.78, 5) is 37.5. The molecule has 0 radical (unpaired) electrons. The van der Waals surface area contributed by atoms with Crippen LogP contribution < -0.4 is 5.32 Å². The third-order valence-corrected chi connectivity index (χ3v) is 12.8. The van der Waals surface area contributed by atoms with Gasteiger partial charge in [0.1, 0.15) is 19.3 Å². The summed E-state index contributed by atoms with van der Waals surface area (Å²) >= 11 is 0. The zero-order valence-corrected chi connectivity index (χ0v) is 46.2. The predicted octanol–water partition coefficient (Wildman–Crippen LogP) is 16.7. The molecule has 0 aliphatic rings. The summed E-state index contributed by atoms with van der Waals surface area (Å²) in [6.45, 7) is 6.82. The van der Waals surface area contributed by atoms with E-state index in [1.807, 2.05) is 33.3 Å². The number of phosphoric acid groups is 1. The van der Waals surface area contributed by atoms with E-state index in [0.717, 1.165) is 83.5 Å². The third kappa shape index (κ3) is 49.9. The second-order valence-corrected chi connectivity index (χ2v) is 21.2. The van der Waals surface area contributed by atoms with Gasteiger partial charge in [-0.25, -0.2) is 4.57 Å². The maximum Gasteiger partial charge on any atom is 0.472 e. The maximum atomic E-state index is 13.5. The number of allylic oxidation sites excluding steroid dienone is 13. The highest BCUT2D eigenvalue weighted by molar-refractivity contribution is 7.47. The normalized spacial score (nSPS) is 14.5. The van der Waals surface area contributed by atoms with Crippen LogP contribution in [0.5, 0.6) is 0 Å². The van der Waals surface area contributed by atoms with Crippen molar-refractivity contribution in [3.8, 4) is 0 Å². The molecule has 0 rings (SSSR count). The minimum atomic E-state index is -4.46. The Morgan fingerprint density at radius 1 is 0.522 bits per heavy atom. The molecule has 0 aromatic carbocycles.